The van der Waals surface area contributed by atoms with Gasteiger partial charge in [0, 0.05) is 24.8 Å². The predicted octanol–water partition coefficient (Wildman–Crippen LogP) is -18.9. The van der Waals surface area contributed by atoms with E-state index in [9.17, 15) is 39.6 Å². The van der Waals surface area contributed by atoms with Crippen molar-refractivity contribution in [1.82, 2.24) is 5.32 Å². The number of carbonyl (C=O) groups excluding carboxylic acids is 4. The fourth-order valence-electron chi connectivity index (χ4n) is 0.997. The molecule has 0 amide bonds. The average Bonchev–Trinajstić information content (AvgIpc) is 2.13. The summed E-state index contributed by atoms with van der Waals surface area (Å²) in [5.41, 5.74) is 0. The van der Waals surface area contributed by atoms with Gasteiger partial charge in [-0.3, -0.25) is 0 Å². The molecule has 1 N–H and O–H groups in total. The van der Waals surface area contributed by atoms with Crippen LogP contribution >= 0.6 is 0 Å². The Morgan fingerprint density at radius 3 is 1.05 bits per heavy atom. The van der Waals surface area contributed by atoms with Gasteiger partial charge in [0.25, 0.3) is 0 Å². The summed E-state index contributed by atoms with van der Waals surface area (Å²) in [6.07, 6.45) is -2.14. The molecule has 21 heavy (non-hydrogen) atoms. The molecule has 0 bridgehead atoms. The van der Waals surface area contributed by atoms with E-state index in [1.807, 2.05) is 0 Å². The SMILES string of the molecule is O=C([O-])CC(NC(CC(=O)[O-])C(=O)[O-])C(=O)[O-].[K+].[K+].[K+].[K+]. The smallest absolute Gasteiger partial charge is 0.550 e. The topological polar surface area (TPSA) is 173 Å². The number of carboxylic acids is 4. The fourth-order valence-corrected chi connectivity index (χ4v) is 0.997. The molecule has 0 rings (SSSR count). The summed E-state index contributed by atoms with van der Waals surface area (Å²) >= 11 is 0. The van der Waals surface area contributed by atoms with Crippen molar-refractivity contribution in [2.45, 2.75) is 24.9 Å². The third-order valence-corrected chi connectivity index (χ3v) is 1.71. The molecule has 0 aliphatic rings. The quantitative estimate of drug-likeness (QED) is 0.387. The van der Waals surface area contributed by atoms with E-state index in [-0.39, 0.29) is 206 Å². The standard InChI is InChI=1S/C8H11NO8.4K/c10-5(11)1-3(7(14)15)9-4(8(16)17)2-6(12)13;;;;/h3-4,9H,1-2H2,(H,10,11)(H,12,13)(H,14,15)(H,16,17);;;;/q;4*+1/p-4. The van der Waals surface area contributed by atoms with Crippen LogP contribution in [0.15, 0.2) is 0 Å². The van der Waals surface area contributed by atoms with Gasteiger partial charge in [0.1, 0.15) is 0 Å². The van der Waals surface area contributed by atoms with Crippen LogP contribution in [0.2, 0.25) is 0 Å². The second-order valence-electron chi connectivity index (χ2n) is 3.06. The Labute approximate surface area is 290 Å². The van der Waals surface area contributed by atoms with Crippen LogP contribution < -0.4 is 231 Å². The summed E-state index contributed by atoms with van der Waals surface area (Å²) in [5, 5.41) is 42.9. The number of hydrogen-bond donors (Lipinski definition) is 1. The summed E-state index contributed by atoms with van der Waals surface area (Å²) in [6, 6.07) is -3.80. The molecule has 0 aromatic heterocycles. The molecule has 0 spiro atoms. The van der Waals surface area contributed by atoms with Gasteiger partial charge in [-0.05, 0) is 0 Å². The van der Waals surface area contributed by atoms with Crippen LogP contribution in [0.5, 0.6) is 0 Å². The molecule has 0 aliphatic carbocycles. The number of carbonyl (C=O) groups is 4. The molecule has 0 radical (unpaired) electrons. The minimum atomic E-state index is -1.90. The van der Waals surface area contributed by atoms with E-state index in [0.29, 0.717) is 0 Å². The Kier molecular flexibility index (Phi) is 35.8. The zero-order valence-electron chi connectivity index (χ0n) is 12.3. The van der Waals surface area contributed by atoms with Crippen LogP contribution in [0.1, 0.15) is 12.8 Å². The molecule has 2 atom stereocenters. The van der Waals surface area contributed by atoms with Gasteiger partial charge in [-0.15, -0.1) is 0 Å². The van der Waals surface area contributed by atoms with Gasteiger partial charge in [0.05, 0.1) is 24.0 Å². The minimum absolute atomic E-state index is 0. The van der Waals surface area contributed by atoms with Crippen molar-refractivity contribution in [3.8, 4) is 0 Å². The monoisotopic (exact) mass is 401 g/mol. The summed E-state index contributed by atoms with van der Waals surface area (Å²) in [4.78, 5) is 41.2. The Morgan fingerprint density at radius 1 is 0.667 bits per heavy atom. The van der Waals surface area contributed by atoms with E-state index in [1.54, 1.807) is 5.32 Å². The fraction of sp³-hybridized carbons (Fsp3) is 0.500. The van der Waals surface area contributed by atoms with E-state index in [0.717, 1.165) is 0 Å². The normalized spacial score (nSPS) is 11.0. The zero-order valence-corrected chi connectivity index (χ0v) is 24.8. The molecule has 0 saturated carbocycles. The van der Waals surface area contributed by atoms with E-state index >= 15 is 0 Å². The maximum absolute atomic E-state index is 10.4. The first-order valence-electron chi connectivity index (χ1n) is 4.31. The van der Waals surface area contributed by atoms with Crippen LogP contribution in [-0.2, 0) is 19.2 Å². The maximum atomic E-state index is 10.4. The summed E-state index contributed by atoms with van der Waals surface area (Å²) < 4.78 is 0. The molecule has 0 fully saturated rings. The maximum Gasteiger partial charge on any atom is 1.00 e. The van der Waals surface area contributed by atoms with Crippen molar-refractivity contribution in [3.05, 3.63) is 0 Å². The number of rotatable bonds is 8. The van der Waals surface area contributed by atoms with Gasteiger partial charge >= 0.3 is 206 Å². The van der Waals surface area contributed by atoms with Gasteiger partial charge < -0.3 is 44.9 Å². The summed E-state index contributed by atoms with van der Waals surface area (Å²) in [6.45, 7) is 0. The first-order valence-corrected chi connectivity index (χ1v) is 4.31. The van der Waals surface area contributed by atoms with E-state index < -0.39 is 48.8 Å². The van der Waals surface area contributed by atoms with Crippen molar-refractivity contribution in [1.29, 1.82) is 0 Å². The molecule has 0 aromatic carbocycles. The first kappa shape index (κ1) is 36.3. The van der Waals surface area contributed by atoms with E-state index in [2.05, 4.69) is 0 Å². The third kappa shape index (κ3) is 20.5. The zero-order chi connectivity index (χ0) is 13.6. The van der Waals surface area contributed by atoms with Crippen LogP contribution in [-0.4, -0.2) is 36.0 Å². The molecule has 0 heterocycles. The van der Waals surface area contributed by atoms with E-state index in [4.69, 9.17) is 0 Å². The molecule has 0 aliphatic heterocycles. The van der Waals surface area contributed by atoms with Crippen LogP contribution in [0.4, 0.5) is 0 Å². The molecule has 2 unspecified atom stereocenters. The van der Waals surface area contributed by atoms with Crippen molar-refractivity contribution in [2.75, 3.05) is 0 Å². The molecule has 96 valence electrons. The van der Waals surface area contributed by atoms with Crippen molar-refractivity contribution >= 4 is 23.9 Å². The average molecular weight is 402 g/mol. The van der Waals surface area contributed by atoms with Gasteiger partial charge in [-0.1, -0.05) is 0 Å². The second kappa shape index (κ2) is 20.7. The number of carboxylic acid groups (broad SMARTS) is 4. The molecule has 13 heteroatoms. The number of aliphatic carboxylic acids is 4. The third-order valence-electron chi connectivity index (χ3n) is 1.71. The van der Waals surface area contributed by atoms with Gasteiger partial charge in [0.2, 0.25) is 0 Å². The Hall–Kier alpha value is 4.39. The van der Waals surface area contributed by atoms with Crippen LogP contribution in [0, 0.1) is 0 Å². The molecular weight excluding hydrogens is 394 g/mol. The number of nitrogens with one attached hydrogen (secondary N) is 1. The number of hydrogen-bond acceptors (Lipinski definition) is 9. The van der Waals surface area contributed by atoms with Gasteiger partial charge in [-0.2, -0.15) is 0 Å². The van der Waals surface area contributed by atoms with E-state index in [1.165, 1.54) is 0 Å². The Balaban J connectivity index is -0.000000213. The van der Waals surface area contributed by atoms with Crippen molar-refractivity contribution in [3.63, 3.8) is 0 Å². The predicted molar refractivity (Wildman–Crippen MR) is 40.0 cm³/mol. The minimum Gasteiger partial charge on any atom is -0.550 e. The van der Waals surface area contributed by atoms with Gasteiger partial charge in [-0.25, -0.2) is 0 Å². The van der Waals surface area contributed by atoms with Crippen LogP contribution in [0.3, 0.4) is 0 Å². The summed E-state index contributed by atoms with van der Waals surface area (Å²) in [5.74, 6) is -7.34. The van der Waals surface area contributed by atoms with Crippen molar-refractivity contribution < 1.29 is 245 Å². The van der Waals surface area contributed by atoms with Crippen molar-refractivity contribution in [2.24, 2.45) is 0 Å². The molecule has 0 saturated heterocycles. The molecular formula is C8H7K4NO8. The van der Waals surface area contributed by atoms with Crippen LogP contribution in [0.25, 0.3) is 0 Å². The Bertz CT molecular complexity index is 321. The van der Waals surface area contributed by atoms with Gasteiger partial charge in [0.15, 0.2) is 0 Å². The Morgan fingerprint density at radius 2 is 0.905 bits per heavy atom. The molecule has 9 nitrogen and oxygen atoms in total. The first-order chi connectivity index (χ1) is 7.73. The summed E-state index contributed by atoms with van der Waals surface area (Å²) in [7, 11) is 0. The largest absolute Gasteiger partial charge is 1.00 e. The molecule has 0 aromatic rings. The second-order valence-corrected chi connectivity index (χ2v) is 3.06.